The Kier molecular flexibility index (Phi) is 6.36. The van der Waals surface area contributed by atoms with Gasteiger partial charge in [-0.15, -0.1) is 0 Å². The fourth-order valence-corrected chi connectivity index (χ4v) is 2.10. The number of anilines is 1. The fourth-order valence-electron chi connectivity index (χ4n) is 2.10. The summed E-state index contributed by atoms with van der Waals surface area (Å²) in [6, 6.07) is 8.36. The summed E-state index contributed by atoms with van der Waals surface area (Å²) in [6.07, 6.45) is 1.05. The van der Waals surface area contributed by atoms with Crippen molar-refractivity contribution in [3.8, 4) is 0 Å². The Morgan fingerprint density at radius 1 is 1.37 bits per heavy atom. The second-order valence-corrected chi connectivity index (χ2v) is 4.69. The van der Waals surface area contributed by atoms with Crippen molar-refractivity contribution in [2.45, 2.75) is 32.7 Å². The van der Waals surface area contributed by atoms with Crippen molar-refractivity contribution < 1.29 is 14.6 Å². The van der Waals surface area contributed by atoms with Crippen LogP contribution in [0.15, 0.2) is 24.3 Å². The van der Waals surface area contributed by atoms with Gasteiger partial charge in [0, 0.05) is 19.3 Å². The summed E-state index contributed by atoms with van der Waals surface area (Å²) >= 11 is 0. The molecule has 0 heterocycles. The largest absolute Gasteiger partial charge is 0.481 e. The summed E-state index contributed by atoms with van der Waals surface area (Å²) in [4.78, 5) is 12.9. The van der Waals surface area contributed by atoms with E-state index in [1.54, 1.807) is 7.11 Å². The maximum atomic E-state index is 10.8. The van der Waals surface area contributed by atoms with Crippen molar-refractivity contribution in [2.75, 3.05) is 25.2 Å². The smallest absolute Gasteiger partial charge is 0.305 e. The molecule has 1 rings (SSSR count). The van der Waals surface area contributed by atoms with Crippen molar-refractivity contribution in [1.29, 1.82) is 0 Å². The van der Waals surface area contributed by atoms with Gasteiger partial charge in [0.25, 0.3) is 0 Å². The van der Waals surface area contributed by atoms with Crippen LogP contribution < -0.4 is 4.90 Å². The average Bonchev–Trinajstić information content (AvgIpc) is 2.39. The quantitative estimate of drug-likeness (QED) is 0.785. The number of carboxylic acid groups (broad SMARTS) is 1. The summed E-state index contributed by atoms with van der Waals surface area (Å²) < 4.78 is 5.24. The minimum absolute atomic E-state index is 0.133. The lowest BCUT2D eigenvalue weighted by Gasteiger charge is -2.32. The molecule has 0 saturated heterocycles. The van der Waals surface area contributed by atoms with Crippen LogP contribution in [0.5, 0.6) is 0 Å². The monoisotopic (exact) mass is 265 g/mol. The first-order valence-corrected chi connectivity index (χ1v) is 6.62. The van der Waals surface area contributed by atoms with E-state index in [9.17, 15) is 4.79 Å². The number of rotatable bonds is 8. The number of aryl methyl sites for hydroxylation is 1. The molecular weight excluding hydrogens is 242 g/mol. The highest BCUT2D eigenvalue weighted by atomic mass is 16.5. The number of benzene rings is 1. The van der Waals surface area contributed by atoms with Crippen LogP contribution in [0.3, 0.4) is 0 Å². The minimum atomic E-state index is -0.774. The molecule has 4 heteroatoms. The van der Waals surface area contributed by atoms with Crippen LogP contribution >= 0.6 is 0 Å². The highest BCUT2D eigenvalue weighted by molar-refractivity contribution is 5.67. The van der Waals surface area contributed by atoms with Gasteiger partial charge in [-0.05, 0) is 25.5 Å². The zero-order valence-corrected chi connectivity index (χ0v) is 11.9. The van der Waals surface area contributed by atoms with Crippen molar-refractivity contribution in [3.05, 3.63) is 29.8 Å². The van der Waals surface area contributed by atoms with Gasteiger partial charge in [-0.2, -0.15) is 0 Å². The van der Waals surface area contributed by atoms with Gasteiger partial charge in [0.15, 0.2) is 0 Å². The van der Waals surface area contributed by atoms with E-state index >= 15 is 0 Å². The van der Waals surface area contributed by atoms with Crippen LogP contribution in [0.4, 0.5) is 5.69 Å². The van der Waals surface area contributed by atoms with Gasteiger partial charge in [0.1, 0.15) is 0 Å². The van der Waals surface area contributed by atoms with Gasteiger partial charge in [-0.1, -0.05) is 24.6 Å². The molecule has 0 fully saturated rings. The topological polar surface area (TPSA) is 49.8 Å². The van der Waals surface area contributed by atoms with Crippen LogP contribution in [0.25, 0.3) is 0 Å². The third-order valence-electron chi connectivity index (χ3n) is 3.20. The van der Waals surface area contributed by atoms with E-state index in [1.165, 1.54) is 5.56 Å². The molecule has 0 aromatic heterocycles. The molecule has 0 aliphatic carbocycles. The van der Waals surface area contributed by atoms with E-state index in [4.69, 9.17) is 9.84 Å². The number of ether oxygens (including phenoxy) is 1. The van der Waals surface area contributed by atoms with Crippen molar-refractivity contribution >= 4 is 11.7 Å². The van der Waals surface area contributed by atoms with E-state index in [0.29, 0.717) is 13.2 Å². The first-order valence-electron chi connectivity index (χ1n) is 6.62. The molecule has 1 N–H and O–H groups in total. The van der Waals surface area contributed by atoms with Gasteiger partial charge in [-0.3, -0.25) is 4.79 Å². The fraction of sp³-hybridized carbons (Fsp3) is 0.533. The molecule has 1 aromatic rings. The molecule has 0 bridgehead atoms. The summed E-state index contributed by atoms with van der Waals surface area (Å²) in [5.41, 5.74) is 2.25. The summed E-state index contributed by atoms with van der Waals surface area (Å²) in [5, 5.41) is 8.88. The maximum Gasteiger partial charge on any atom is 0.305 e. The van der Waals surface area contributed by atoms with Gasteiger partial charge in [0.2, 0.25) is 0 Å². The summed E-state index contributed by atoms with van der Waals surface area (Å²) in [7, 11) is 1.67. The molecule has 0 aliphatic rings. The second kappa shape index (κ2) is 7.79. The number of carboxylic acids is 1. The number of hydrogen-bond acceptors (Lipinski definition) is 3. The predicted molar refractivity (Wildman–Crippen MR) is 76.7 cm³/mol. The molecule has 4 nitrogen and oxygen atoms in total. The minimum Gasteiger partial charge on any atom is -0.481 e. The Labute approximate surface area is 115 Å². The number of nitrogens with zero attached hydrogens (tertiary/aromatic N) is 1. The van der Waals surface area contributed by atoms with Gasteiger partial charge < -0.3 is 14.7 Å². The van der Waals surface area contributed by atoms with E-state index in [1.807, 2.05) is 31.2 Å². The van der Waals surface area contributed by atoms with E-state index in [2.05, 4.69) is 11.8 Å². The van der Waals surface area contributed by atoms with Crippen LogP contribution in [-0.4, -0.2) is 37.4 Å². The average molecular weight is 265 g/mol. The molecule has 0 saturated carbocycles. The predicted octanol–water partition coefficient (Wildman–Crippen LogP) is 2.70. The third-order valence-corrected chi connectivity index (χ3v) is 3.20. The number of methoxy groups -OCH3 is 1. The maximum absolute atomic E-state index is 10.8. The molecule has 0 amide bonds. The molecular formula is C15H23NO3. The number of aliphatic carboxylic acids is 1. The second-order valence-electron chi connectivity index (χ2n) is 4.69. The van der Waals surface area contributed by atoms with Crippen molar-refractivity contribution in [3.63, 3.8) is 0 Å². The van der Waals surface area contributed by atoms with Crippen LogP contribution in [0.2, 0.25) is 0 Å². The Balaban J connectivity index is 2.89. The van der Waals surface area contributed by atoms with Crippen molar-refractivity contribution in [2.24, 2.45) is 0 Å². The molecule has 0 radical (unpaired) electrons. The summed E-state index contributed by atoms with van der Waals surface area (Å²) in [6.45, 7) is 5.23. The van der Waals surface area contributed by atoms with E-state index in [-0.39, 0.29) is 12.5 Å². The highest BCUT2D eigenvalue weighted by Crippen LogP contribution is 2.20. The molecule has 19 heavy (non-hydrogen) atoms. The Hall–Kier alpha value is -1.55. The first-order chi connectivity index (χ1) is 9.08. The molecule has 1 unspecified atom stereocenters. The van der Waals surface area contributed by atoms with E-state index in [0.717, 1.165) is 12.1 Å². The molecule has 106 valence electrons. The van der Waals surface area contributed by atoms with E-state index < -0.39 is 5.97 Å². The highest BCUT2D eigenvalue weighted by Gasteiger charge is 2.18. The molecule has 1 aromatic carbocycles. The SMILES string of the molecule is CCC(COC)N(CCC(=O)O)c1ccc(C)cc1. The van der Waals surface area contributed by atoms with Crippen LogP contribution in [0.1, 0.15) is 25.3 Å². The van der Waals surface area contributed by atoms with Crippen molar-refractivity contribution in [1.82, 2.24) is 0 Å². The Bertz CT molecular complexity index is 389. The zero-order valence-electron chi connectivity index (χ0n) is 11.9. The lowest BCUT2D eigenvalue weighted by atomic mass is 10.1. The Morgan fingerprint density at radius 3 is 2.47 bits per heavy atom. The standard InChI is InChI=1S/C15H23NO3/c1-4-13(11-19-3)16(10-9-15(17)18)14-7-5-12(2)6-8-14/h5-8,13H,4,9-11H2,1-3H3,(H,17,18). The zero-order chi connectivity index (χ0) is 14.3. The van der Waals surface area contributed by atoms with Gasteiger partial charge in [0.05, 0.1) is 19.1 Å². The normalized spacial score (nSPS) is 12.2. The first kappa shape index (κ1) is 15.5. The Morgan fingerprint density at radius 2 is 2.00 bits per heavy atom. The van der Waals surface area contributed by atoms with Gasteiger partial charge >= 0.3 is 5.97 Å². The van der Waals surface area contributed by atoms with Crippen LogP contribution in [0, 0.1) is 6.92 Å². The lowest BCUT2D eigenvalue weighted by molar-refractivity contribution is -0.136. The lowest BCUT2D eigenvalue weighted by Crippen LogP contribution is -2.39. The number of carbonyl (C=O) groups is 1. The molecule has 0 aliphatic heterocycles. The van der Waals surface area contributed by atoms with Crippen LogP contribution in [-0.2, 0) is 9.53 Å². The number of hydrogen-bond donors (Lipinski definition) is 1. The van der Waals surface area contributed by atoms with Gasteiger partial charge in [-0.25, -0.2) is 0 Å². The molecule has 1 atom stereocenters. The third kappa shape index (κ3) is 4.91. The summed E-state index contributed by atoms with van der Waals surface area (Å²) in [5.74, 6) is -0.774. The molecule has 0 spiro atoms.